The van der Waals surface area contributed by atoms with Crippen molar-refractivity contribution in [2.45, 2.75) is 13.0 Å². The number of amides is 3. The highest BCUT2D eigenvalue weighted by Crippen LogP contribution is 2.34. The first kappa shape index (κ1) is 18.5. The molecule has 0 fully saturated rings. The summed E-state index contributed by atoms with van der Waals surface area (Å²) in [6.07, 6.45) is 0. The van der Waals surface area contributed by atoms with E-state index in [-0.39, 0.29) is 17.9 Å². The zero-order valence-electron chi connectivity index (χ0n) is 15.3. The van der Waals surface area contributed by atoms with Gasteiger partial charge in [-0.05, 0) is 31.2 Å². The zero-order chi connectivity index (χ0) is 20.5. The van der Waals surface area contributed by atoms with Gasteiger partial charge in [0.15, 0.2) is 18.1 Å². The first-order chi connectivity index (χ1) is 14.0. The number of imide groups is 1. The van der Waals surface area contributed by atoms with Crippen molar-refractivity contribution < 1.29 is 33.4 Å². The highest BCUT2D eigenvalue weighted by Gasteiger charge is 2.41. The number of rotatable bonds is 5. The van der Waals surface area contributed by atoms with Crippen molar-refractivity contribution >= 4 is 29.4 Å². The van der Waals surface area contributed by atoms with Crippen LogP contribution in [0.25, 0.3) is 0 Å². The van der Waals surface area contributed by atoms with Gasteiger partial charge in [0, 0.05) is 11.8 Å². The monoisotopic (exact) mass is 396 g/mol. The first-order valence-electron chi connectivity index (χ1n) is 8.79. The van der Waals surface area contributed by atoms with Crippen molar-refractivity contribution in [1.29, 1.82) is 0 Å². The van der Waals surface area contributed by atoms with E-state index in [0.717, 1.165) is 4.90 Å². The van der Waals surface area contributed by atoms with Gasteiger partial charge < -0.3 is 19.5 Å². The number of fused-ring (bicyclic) bond motifs is 2. The third-order valence-corrected chi connectivity index (χ3v) is 4.56. The van der Waals surface area contributed by atoms with Gasteiger partial charge in [0.2, 0.25) is 6.79 Å². The van der Waals surface area contributed by atoms with E-state index >= 15 is 0 Å². The number of benzene rings is 2. The molecule has 148 valence electrons. The number of esters is 1. The Kier molecular flexibility index (Phi) is 4.63. The van der Waals surface area contributed by atoms with E-state index in [2.05, 4.69) is 5.32 Å². The van der Waals surface area contributed by atoms with E-state index in [1.165, 1.54) is 19.1 Å². The Morgan fingerprint density at radius 3 is 2.41 bits per heavy atom. The summed E-state index contributed by atoms with van der Waals surface area (Å²) in [5.41, 5.74) is 0.916. The summed E-state index contributed by atoms with van der Waals surface area (Å²) in [5, 5.41) is 2.57. The second-order valence-electron chi connectivity index (χ2n) is 6.43. The molecule has 3 amide bonds. The second kappa shape index (κ2) is 7.27. The Morgan fingerprint density at radius 2 is 1.72 bits per heavy atom. The standard InChI is InChI=1S/C20H16N2O7/c1-11(22-18(24)13-4-2-3-5-14(13)19(22)25)20(26)27-9-17(23)21-12-6-7-15-16(8-12)29-10-28-15/h2-8,11H,9-10H2,1H3,(H,21,23)/t11-/m1/s1. The number of carbonyl (C=O) groups excluding carboxylic acids is 4. The number of anilines is 1. The van der Waals surface area contributed by atoms with Gasteiger partial charge in [-0.2, -0.15) is 0 Å². The van der Waals surface area contributed by atoms with Crippen LogP contribution in [0, 0.1) is 0 Å². The number of hydrogen-bond donors (Lipinski definition) is 1. The van der Waals surface area contributed by atoms with Crippen LogP contribution in [0.1, 0.15) is 27.6 Å². The van der Waals surface area contributed by atoms with Gasteiger partial charge >= 0.3 is 5.97 Å². The van der Waals surface area contributed by atoms with Crippen molar-refractivity contribution in [3.05, 3.63) is 53.6 Å². The zero-order valence-corrected chi connectivity index (χ0v) is 15.3. The lowest BCUT2D eigenvalue weighted by Gasteiger charge is -2.20. The minimum atomic E-state index is -1.17. The van der Waals surface area contributed by atoms with Gasteiger partial charge in [-0.25, -0.2) is 4.79 Å². The van der Waals surface area contributed by atoms with E-state index in [0.29, 0.717) is 17.2 Å². The number of nitrogens with zero attached hydrogens (tertiary/aromatic N) is 1. The predicted molar refractivity (Wildman–Crippen MR) is 98.6 cm³/mol. The molecule has 1 atom stereocenters. The fraction of sp³-hybridized carbons (Fsp3) is 0.200. The van der Waals surface area contributed by atoms with Gasteiger partial charge in [-0.3, -0.25) is 19.3 Å². The maximum Gasteiger partial charge on any atom is 0.329 e. The molecular formula is C20H16N2O7. The molecule has 0 aliphatic carbocycles. The lowest BCUT2D eigenvalue weighted by atomic mass is 10.1. The number of carbonyl (C=O) groups is 4. The lowest BCUT2D eigenvalue weighted by molar-refractivity contribution is -0.150. The maximum absolute atomic E-state index is 12.4. The maximum atomic E-state index is 12.4. The van der Waals surface area contributed by atoms with Crippen LogP contribution in [0.5, 0.6) is 11.5 Å². The molecule has 2 heterocycles. The van der Waals surface area contributed by atoms with Crippen molar-refractivity contribution in [2.24, 2.45) is 0 Å². The second-order valence-corrected chi connectivity index (χ2v) is 6.43. The quantitative estimate of drug-likeness (QED) is 0.603. The molecule has 0 aromatic heterocycles. The fourth-order valence-electron chi connectivity index (χ4n) is 3.09. The van der Waals surface area contributed by atoms with Crippen LogP contribution >= 0.6 is 0 Å². The van der Waals surface area contributed by atoms with Crippen molar-refractivity contribution in [2.75, 3.05) is 18.7 Å². The van der Waals surface area contributed by atoms with E-state index in [1.54, 1.807) is 30.3 Å². The lowest BCUT2D eigenvalue weighted by Crippen LogP contribution is -2.44. The van der Waals surface area contributed by atoms with Gasteiger partial charge in [-0.1, -0.05) is 12.1 Å². The minimum absolute atomic E-state index is 0.111. The van der Waals surface area contributed by atoms with Gasteiger partial charge in [-0.15, -0.1) is 0 Å². The molecule has 0 unspecified atom stereocenters. The molecule has 0 saturated carbocycles. The molecule has 0 saturated heterocycles. The van der Waals surface area contributed by atoms with Gasteiger partial charge in [0.25, 0.3) is 17.7 Å². The minimum Gasteiger partial charge on any atom is -0.454 e. The first-order valence-corrected chi connectivity index (χ1v) is 8.79. The molecule has 4 rings (SSSR count). The third-order valence-electron chi connectivity index (χ3n) is 4.56. The van der Waals surface area contributed by atoms with Crippen molar-refractivity contribution in [3.8, 4) is 11.5 Å². The summed E-state index contributed by atoms with van der Waals surface area (Å²) in [4.78, 5) is 50.0. The fourth-order valence-corrected chi connectivity index (χ4v) is 3.09. The predicted octanol–water partition coefficient (Wildman–Crippen LogP) is 1.58. The molecule has 9 heteroatoms. The summed E-state index contributed by atoms with van der Waals surface area (Å²) in [5.74, 6) is -1.50. The number of hydrogen-bond acceptors (Lipinski definition) is 7. The number of ether oxygens (including phenoxy) is 3. The van der Waals surface area contributed by atoms with Crippen LogP contribution in [-0.2, 0) is 14.3 Å². The molecule has 1 N–H and O–H groups in total. The van der Waals surface area contributed by atoms with Crippen LogP contribution in [-0.4, -0.2) is 48.0 Å². The molecule has 9 nitrogen and oxygen atoms in total. The summed E-state index contributed by atoms with van der Waals surface area (Å²) >= 11 is 0. The summed E-state index contributed by atoms with van der Waals surface area (Å²) in [6, 6.07) is 10.00. The Hall–Kier alpha value is -3.88. The van der Waals surface area contributed by atoms with Crippen LogP contribution < -0.4 is 14.8 Å². The van der Waals surface area contributed by atoms with Crippen LogP contribution in [0.15, 0.2) is 42.5 Å². The number of nitrogens with one attached hydrogen (secondary N) is 1. The van der Waals surface area contributed by atoms with E-state index < -0.39 is 36.3 Å². The Bertz CT molecular complexity index is 998. The smallest absolute Gasteiger partial charge is 0.329 e. The average molecular weight is 396 g/mol. The third kappa shape index (κ3) is 3.38. The van der Waals surface area contributed by atoms with Gasteiger partial charge in [0.1, 0.15) is 6.04 Å². The van der Waals surface area contributed by atoms with Crippen molar-refractivity contribution in [1.82, 2.24) is 4.90 Å². The molecule has 2 aliphatic rings. The van der Waals surface area contributed by atoms with Crippen molar-refractivity contribution in [3.63, 3.8) is 0 Å². The van der Waals surface area contributed by atoms with Crippen LogP contribution in [0.3, 0.4) is 0 Å². The SMILES string of the molecule is C[C@H](C(=O)OCC(=O)Nc1ccc2c(c1)OCO2)N1C(=O)c2ccccc2C1=O. The Morgan fingerprint density at radius 1 is 1.07 bits per heavy atom. The average Bonchev–Trinajstić information content (AvgIpc) is 3.28. The molecule has 2 aromatic rings. The Labute approximate surface area is 165 Å². The van der Waals surface area contributed by atoms with E-state index in [1.807, 2.05) is 0 Å². The van der Waals surface area contributed by atoms with Gasteiger partial charge in [0.05, 0.1) is 11.1 Å². The molecule has 0 radical (unpaired) electrons. The molecule has 0 bridgehead atoms. The molecule has 29 heavy (non-hydrogen) atoms. The Balaban J connectivity index is 1.34. The summed E-state index contributed by atoms with van der Waals surface area (Å²) in [7, 11) is 0. The normalized spacial score (nSPS) is 15.1. The van der Waals surface area contributed by atoms with E-state index in [4.69, 9.17) is 14.2 Å². The summed E-state index contributed by atoms with van der Waals surface area (Å²) in [6.45, 7) is 0.917. The van der Waals surface area contributed by atoms with Crippen LogP contribution in [0.4, 0.5) is 5.69 Å². The largest absolute Gasteiger partial charge is 0.454 e. The highest BCUT2D eigenvalue weighted by atomic mass is 16.7. The summed E-state index contributed by atoms with van der Waals surface area (Å²) < 4.78 is 15.4. The van der Waals surface area contributed by atoms with E-state index in [9.17, 15) is 19.2 Å². The molecule has 0 spiro atoms. The van der Waals surface area contributed by atoms with Crippen LogP contribution in [0.2, 0.25) is 0 Å². The topological polar surface area (TPSA) is 111 Å². The molecular weight excluding hydrogens is 380 g/mol. The molecule has 2 aliphatic heterocycles. The highest BCUT2D eigenvalue weighted by molar-refractivity contribution is 6.22. The molecule has 2 aromatic carbocycles.